The Morgan fingerprint density at radius 1 is 1.19 bits per heavy atom. The summed E-state index contributed by atoms with van der Waals surface area (Å²) in [5.41, 5.74) is 1.25. The quantitative estimate of drug-likeness (QED) is 0.918. The molecular weight excluding hydrogens is 265 g/mol. The van der Waals surface area contributed by atoms with E-state index in [1.807, 2.05) is 12.1 Å². The third-order valence-corrected chi connectivity index (χ3v) is 4.98. The largest absolute Gasteiger partial charge is 0.315 e. The van der Waals surface area contributed by atoms with Crippen molar-refractivity contribution < 1.29 is 4.39 Å². The summed E-state index contributed by atoms with van der Waals surface area (Å²) >= 11 is 0. The van der Waals surface area contributed by atoms with E-state index in [1.54, 1.807) is 12.1 Å². The molecule has 2 heterocycles. The van der Waals surface area contributed by atoms with Gasteiger partial charge in [0.25, 0.3) is 0 Å². The van der Waals surface area contributed by atoms with Crippen molar-refractivity contribution in [2.45, 2.75) is 31.8 Å². The van der Waals surface area contributed by atoms with Gasteiger partial charge in [0.1, 0.15) is 5.82 Å². The summed E-state index contributed by atoms with van der Waals surface area (Å²) in [6.07, 6.45) is 2.37. The van der Waals surface area contributed by atoms with Crippen molar-refractivity contribution in [3.8, 4) is 0 Å². The fraction of sp³-hybridized carbons (Fsp3) is 0.647. The molecule has 0 spiro atoms. The average molecular weight is 291 g/mol. The van der Waals surface area contributed by atoms with Crippen LogP contribution < -0.4 is 5.32 Å². The highest BCUT2D eigenvalue weighted by Crippen LogP contribution is 2.26. The maximum absolute atomic E-state index is 13.1. The molecule has 4 heteroatoms. The standard InChI is InChI=1S/C17H26FN3/c1-2-17(14-3-5-15(18)6-4-14)21-11-9-20(10-12-21)16-7-8-19-13-16/h3-6,16-17,19H,2,7-13H2,1H3. The molecule has 3 rings (SSSR count). The second kappa shape index (κ2) is 6.86. The summed E-state index contributed by atoms with van der Waals surface area (Å²) in [6.45, 7) is 9.08. The molecule has 0 amide bonds. The molecular formula is C17H26FN3. The Labute approximate surface area is 127 Å². The van der Waals surface area contributed by atoms with Gasteiger partial charge in [-0.25, -0.2) is 4.39 Å². The summed E-state index contributed by atoms with van der Waals surface area (Å²) in [5, 5.41) is 3.46. The Morgan fingerprint density at radius 3 is 2.48 bits per heavy atom. The summed E-state index contributed by atoms with van der Waals surface area (Å²) in [5.74, 6) is -0.146. The number of nitrogens with zero attached hydrogens (tertiary/aromatic N) is 2. The Morgan fingerprint density at radius 2 is 1.90 bits per heavy atom. The van der Waals surface area contributed by atoms with Crippen LogP contribution in [0, 0.1) is 5.82 Å². The van der Waals surface area contributed by atoms with E-state index in [9.17, 15) is 4.39 Å². The molecule has 0 aromatic heterocycles. The Balaban J connectivity index is 1.60. The topological polar surface area (TPSA) is 18.5 Å². The highest BCUT2D eigenvalue weighted by atomic mass is 19.1. The van der Waals surface area contributed by atoms with Gasteiger partial charge in [-0.05, 0) is 37.1 Å². The third kappa shape index (κ3) is 3.44. The first-order valence-corrected chi connectivity index (χ1v) is 8.22. The smallest absolute Gasteiger partial charge is 0.123 e. The van der Waals surface area contributed by atoms with E-state index in [0.717, 1.165) is 51.7 Å². The fourth-order valence-corrected chi connectivity index (χ4v) is 3.75. The van der Waals surface area contributed by atoms with Gasteiger partial charge in [0, 0.05) is 44.8 Å². The van der Waals surface area contributed by atoms with E-state index in [4.69, 9.17) is 0 Å². The van der Waals surface area contributed by atoms with Crippen molar-refractivity contribution in [2.75, 3.05) is 39.3 Å². The number of halogens is 1. The molecule has 2 aliphatic heterocycles. The predicted molar refractivity (Wildman–Crippen MR) is 83.9 cm³/mol. The number of hydrogen-bond donors (Lipinski definition) is 1. The highest BCUT2D eigenvalue weighted by molar-refractivity contribution is 5.20. The maximum atomic E-state index is 13.1. The van der Waals surface area contributed by atoms with Crippen LogP contribution in [0.5, 0.6) is 0 Å². The lowest BCUT2D eigenvalue weighted by molar-refractivity contribution is 0.0720. The molecule has 0 bridgehead atoms. The van der Waals surface area contributed by atoms with Crippen molar-refractivity contribution in [1.82, 2.24) is 15.1 Å². The molecule has 2 atom stereocenters. The normalized spacial score (nSPS) is 26.1. The van der Waals surface area contributed by atoms with Gasteiger partial charge in [-0.1, -0.05) is 19.1 Å². The second-order valence-corrected chi connectivity index (χ2v) is 6.19. The first kappa shape index (κ1) is 14.9. The number of benzene rings is 1. The van der Waals surface area contributed by atoms with Crippen LogP contribution >= 0.6 is 0 Å². The van der Waals surface area contributed by atoms with Crippen LogP contribution in [0.3, 0.4) is 0 Å². The number of rotatable bonds is 4. The van der Waals surface area contributed by atoms with Gasteiger partial charge in [0.05, 0.1) is 0 Å². The number of piperazine rings is 1. The SMILES string of the molecule is CCC(c1ccc(F)cc1)N1CCN(C2CCNC2)CC1. The van der Waals surface area contributed by atoms with Gasteiger partial charge in [0.2, 0.25) is 0 Å². The number of nitrogens with one attached hydrogen (secondary N) is 1. The molecule has 3 nitrogen and oxygen atoms in total. The van der Waals surface area contributed by atoms with Gasteiger partial charge < -0.3 is 5.32 Å². The van der Waals surface area contributed by atoms with E-state index in [1.165, 1.54) is 12.0 Å². The van der Waals surface area contributed by atoms with Gasteiger partial charge in [-0.3, -0.25) is 9.80 Å². The fourth-order valence-electron chi connectivity index (χ4n) is 3.75. The number of hydrogen-bond acceptors (Lipinski definition) is 3. The average Bonchev–Trinajstić information content (AvgIpc) is 3.05. The Kier molecular flexibility index (Phi) is 4.88. The van der Waals surface area contributed by atoms with E-state index in [-0.39, 0.29) is 5.82 Å². The molecule has 2 aliphatic rings. The Bertz CT molecular complexity index is 434. The van der Waals surface area contributed by atoms with Crippen LogP contribution in [0.2, 0.25) is 0 Å². The molecule has 1 N–H and O–H groups in total. The van der Waals surface area contributed by atoms with Crippen molar-refractivity contribution >= 4 is 0 Å². The molecule has 0 aliphatic carbocycles. The van der Waals surface area contributed by atoms with Crippen LogP contribution in [-0.2, 0) is 0 Å². The minimum atomic E-state index is -0.146. The van der Waals surface area contributed by atoms with Crippen molar-refractivity contribution in [3.63, 3.8) is 0 Å². The van der Waals surface area contributed by atoms with Crippen molar-refractivity contribution in [1.29, 1.82) is 0 Å². The zero-order valence-electron chi connectivity index (χ0n) is 12.9. The minimum Gasteiger partial charge on any atom is -0.315 e. The molecule has 1 aromatic rings. The predicted octanol–water partition coefficient (Wildman–Crippen LogP) is 2.26. The van der Waals surface area contributed by atoms with E-state index >= 15 is 0 Å². The molecule has 21 heavy (non-hydrogen) atoms. The summed E-state index contributed by atoms with van der Waals surface area (Å²) < 4.78 is 13.1. The van der Waals surface area contributed by atoms with Crippen LogP contribution in [0.25, 0.3) is 0 Å². The lowest BCUT2D eigenvalue weighted by Crippen LogP contribution is -2.51. The van der Waals surface area contributed by atoms with Crippen LogP contribution in [0.15, 0.2) is 24.3 Å². The highest BCUT2D eigenvalue weighted by Gasteiger charge is 2.28. The first-order valence-electron chi connectivity index (χ1n) is 8.22. The van der Waals surface area contributed by atoms with E-state index < -0.39 is 0 Å². The monoisotopic (exact) mass is 291 g/mol. The van der Waals surface area contributed by atoms with E-state index in [0.29, 0.717) is 6.04 Å². The minimum absolute atomic E-state index is 0.146. The molecule has 2 saturated heterocycles. The molecule has 1 aromatic carbocycles. The molecule has 0 saturated carbocycles. The van der Waals surface area contributed by atoms with Crippen molar-refractivity contribution in [2.24, 2.45) is 0 Å². The van der Waals surface area contributed by atoms with Crippen LogP contribution in [0.4, 0.5) is 4.39 Å². The van der Waals surface area contributed by atoms with Gasteiger partial charge >= 0.3 is 0 Å². The molecule has 116 valence electrons. The molecule has 2 fully saturated rings. The van der Waals surface area contributed by atoms with Gasteiger partial charge in [0.15, 0.2) is 0 Å². The summed E-state index contributed by atoms with van der Waals surface area (Å²) in [4.78, 5) is 5.19. The van der Waals surface area contributed by atoms with Gasteiger partial charge in [-0.2, -0.15) is 0 Å². The van der Waals surface area contributed by atoms with Crippen LogP contribution in [0.1, 0.15) is 31.4 Å². The zero-order valence-corrected chi connectivity index (χ0v) is 12.9. The lowest BCUT2D eigenvalue weighted by Gasteiger charge is -2.41. The Hall–Kier alpha value is -0.970. The molecule has 0 radical (unpaired) electrons. The first-order chi connectivity index (χ1) is 10.3. The van der Waals surface area contributed by atoms with Crippen LogP contribution in [-0.4, -0.2) is 55.1 Å². The van der Waals surface area contributed by atoms with Crippen molar-refractivity contribution in [3.05, 3.63) is 35.6 Å². The summed E-state index contributed by atoms with van der Waals surface area (Å²) in [7, 11) is 0. The maximum Gasteiger partial charge on any atom is 0.123 e. The summed E-state index contributed by atoms with van der Waals surface area (Å²) in [6, 6.07) is 8.21. The third-order valence-electron chi connectivity index (χ3n) is 4.98. The molecule has 2 unspecified atom stereocenters. The second-order valence-electron chi connectivity index (χ2n) is 6.19. The van der Waals surface area contributed by atoms with Gasteiger partial charge in [-0.15, -0.1) is 0 Å². The van der Waals surface area contributed by atoms with E-state index in [2.05, 4.69) is 22.0 Å². The zero-order chi connectivity index (χ0) is 14.7. The lowest BCUT2D eigenvalue weighted by atomic mass is 10.0.